The van der Waals surface area contributed by atoms with Gasteiger partial charge in [-0.3, -0.25) is 0 Å². The van der Waals surface area contributed by atoms with Crippen molar-refractivity contribution in [2.45, 2.75) is 104 Å². The highest BCUT2D eigenvalue weighted by Gasteiger charge is 2.30. The number of benzene rings is 3. The summed E-state index contributed by atoms with van der Waals surface area (Å²) in [4.78, 5) is 1.81. The normalized spacial score (nSPS) is 13.7. The van der Waals surface area contributed by atoms with Crippen molar-refractivity contribution in [1.29, 1.82) is 10.5 Å². The molecule has 2 aromatic heterocycles. The van der Waals surface area contributed by atoms with Crippen LogP contribution in [0.1, 0.15) is 125 Å². The van der Waals surface area contributed by atoms with Gasteiger partial charge in [0.1, 0.15) is 21.9 Å². The summed E-state index contributed by atoms with van der Waals surface area (Å²) in [6, 6.07) is 18.9. The van der Waals surface area contributed by atoms with E-state index in [0.29, 0.717) is 11.8 Å². The minimum absolute atomic E-state index is 0.401. The first-order chi connectivity index (χ1) is 21.6. The molecule has 0 amide bonds. The minimum atomic E-state index is 0.401. The van der Waals surface area contributed by atoms with Gasteiger partial charge in [-0.05, 0) is 81.0 Å². The van der Waals surface area contributed by atoms with E-state index in [4.69, 9.17) is 0 Å². The van der Waals surface area contributed by atoms with Gasteiger partial charge in [0, 0.05) is 30.9 Å². The van der Waals surface area contributed by atoms with Crippen LogP contribution in [0, 0.1) is 22.7 Å². The van der Waals surface area contributed by atoms with Crippen LogP contribution in [-0.4, -0.2) is 0 Å². The zero-order chi connectivity index (χ0) is 30.5. The van der Waals surface area contributed by atoms with Gasteiger partial charge in [0.15, 0.2) is 0 Å². The molecule has 44 heavy (non-hydrogen) atoms. The van der Waals surface area contributed by atoms with Crippen molar-refractivity contribution >= 4 is 85.9 Å². The van der Waals surface area contributed by atoms with E-state index in [1.807, 2.05) is 0 Å². The number of unbranched alkanes of at least 4 members (excludes halogenated alkanes) is 4. The standard InChI is InChI=1S/C40H40N2S2/c1-5-9-11-15-23(7-3)31-29(21-41)43-39-35(31)25-17-13-19-27-33(25)37(39)28-20-14-18-26-34(28)38(27)40-36(26)32(30(22-42)44-40)24(8-4)16-12-10-6-2/h13-14,17-20,23-24H,5-12,15-16H2,1-4H3. The Kier molecular flexibility index (Phi) is 7.86. The van der Waals surface area contributed by atoms with E-state index in [2.05, 4.69) is 76.2 Å². The molecule has 0 N–H and O–H groups in total. The van der Waals surface area contributed by atoms with Crippen LogP contribution in [-0.2, 0) is 0 Å². The molecule has 0 aliphatic carbocycles. The van der Waals surface area contributed by atoms with Crippen LogP contribution in [0.5, 0.6) is 0 Å². The lowest BCUT2D eigenvalue weighted by Crippen LogP contribution is -1.98. The van der Waals surface area contributed by atoms with Gasteiger partial charge in [-0.1, -0.05) is 103 Å². The van der Waals surface area contributed by atoms with Crippen molar-refractivity contribution in [3.8, 4) is 12.1 Å². The molecule has 0 saturated carbocycles. The first-order valence-electron chi connectivity index (χ1n) is 16.8. The zero-order valence-corrected chi connectivity index (χ0v) is 28.0. The average molecular weight is 613 g/mol. The minimum Gasteiger partial charge on any atom is -0.192 e. The molecule has 5 aromatic carbocycles. The van der Waals surface area contributed by atoms with Crippen molar-refractivity contribution in [2.75, 3.05) is 0 Å². The molecule has 2 atom stereocenters. The summed E-state index contributed by atoms with van der Waals surface area (Å²) >= 11 is 3.44. The Morgan fingerprint density at radius 3 is 1.27 bits per heavy atom. The monoisotopic (exact) mass is 612 g/mol. The van der Waals surface area contributed by atoms with Crippen molar-refractivity contribution in [3.63, 3.8) is 0 Å². The zero-order valence-electron chi connectivity index (χ0n) is 26.4. The first kappa shape index (κ1) is 29.3. The van der Waals surface area contributed by atoms with Crippen LogP contribution in [0.4, 0.5) is 0 Å². The van der Waals surface area contributed by atoms with Crippen molar-refractivity contribution in [3.05, 3.63) is 57.3 Å². The predicted molar refractivity (Wildman–Crippen MR) is 193 cm³/mol. The Balaban J connectivity index is 1.60. The molecule has 0 aliphatic heterocycles. The second-order valence-corrected chi connectivity index (χ2v) is 14.8. The third-order valence-electron chi connectivity index (χ3n) is 10.4. The molecule has 4 heteroatoms. The van der Waals surface area contributed by atoms with Crippen molar-refractivity contribution in [2.24, 2.45) is 0 Å². The molecule has 0 radical (unpaired) electrons. The largest absolute Gasteiger partial charge is 0.192 e. The summed E-state index contributed by atoms with van der Waals surface area (Å²) in [6.07, 6.45) is 11.7. The van der Waals surface area contributed by atoms with E-state index < -0.39 is 0 Å². The van der Waals surface area contributed by atoms with Crippen LogP contribution in [0.2, 0.25) is 0 Å². The molecule has 0 aliphatic rings. The molecule has 0 saturated heterocycles. The lowest BCUT2D eigenvalue weighted by atomic mass is 9.88. The van der Waals surface area contributed by atoms with Crippen LogP contribution < -0.4 is 0 Å². The van der Waals surface area contributed by atoms with Gasteiger partial charge >= 0.3 is 0 Å². The number of nitriles is 2. The Morgan fingerprint density at radius 2 is 0.932 bits per heavy atom. The van der Waals surface area contributed by atoms with Gasteiger partial charge in [0.05, 0.1) is 0 Å². The SMILES string of the molecule is CCCCCC(CC)c1c(C#N)sc2c1c1cccc3c1c2c1cccc2c4c(C(CC)CCCCC)c(C#N)sc4c3c21. The van der Waals surface area contributed by atoms with E-state index in [9.17, 15) is 10.5 Å². The number of hydrogen-bond donors (Lipinski definition) is 0. The van der Waals surface area contributed by atoms with Gasteiger partial charge in [-0.2, -0.15) is 10.5 Å². The van der Waals surface area contributed by atoms with Gasteiger partial charge in [-0.15, -0.1) is 22.7 Å². The van der Waals surface area contributed by atoms with E-state index >= 15 is 0 Å². The quantitative estimate of drug-likeness (QED) is 0.102. The molecule has 2 unspecified atom stereocenters. The Bertz CT molecular complexity index is 2060. The molecule has 2 heterocycles. The highest BCUT2D eigenvalue weighted by atomic mass is 32.1. The molecule has 7 aromatic rings. The highest BCUT2D eigenvalue weighted by molar-refractivity contribution is 7.22. The summed E-state index contributed by atoms with van der Waals surface area (Å²) in [7, 11) is 0. The maximum Gasteiger partial charge on any atom is 0.110 e. The van der Waals surface area contributed by atoms with Crippen molar-refractivity contribution < 1.29 is 0 Å². The number of nitrogens with zero attached hydrogens (tertiary/aromatic N) is 2. The predicted octanol–water partition coefficient (Wildman–Crippen LogP) is 13.5. The maximum absolute atomic E-state index is 10.4. The lowest BCUT2D eigenvalue weighted by Gasteiger charge is -2.15. The van der Waals surface area contributed by atoms with E-state index in [1.165, 1.54) is 113 Å². The topological polar surface area (TPSA) is 47.6 Å². The van der Waals surface area contributed by atoms with Crippen LogP contribution >= 0.6 is 22.7 Å². The van der Waals surface area contributed by atoms with E-state index in [1.54, 1.807) is 22.7 Å². The van der Waals surface area contributed by atoms with Gasteiger partial charge in [-0.25, -0.2) is 0 Å². The molecular weight excluding hydrogens is 573 g/mol. The fraction of sp³-hybridized carbons (Fsp3) is 0.400. The number of thiophene rings is 2. The smallest absolute Gasteiger partial charge is 0.110 e. The molecular formula is C40H40N2S2. The molecule has 222 valence electrons. The summed E-state index contributed by atoms with van der Waals surface area (Å²) in [5.41, 5.74) is 2.59. The third-order valence-corrected chi connectivity index (χ3v) is 12.6. The number of hydrogen-bond acceptors (Lipinski definition) is 4. The van der Waals surface area contributed by atoms with E-state index in [-0.39, 0.29) is 0 Å². The highest BCUT2D eigenvalue weighted by Crippen LogP contribution is 2.56. The van der Waals surface area contributed by atoms with Crippen LogP contribution in [0.3, 0.4) is 0 Å². The average Bonchev–Trinajstić information content (AvgIpc) is 3.78. The fourth-order valence-electron chi connectivity index (χ4n) is 8.32. The second-order valence-electron chi connectivity index (χ2n) is 12.7. The third kappa shape index (κ3) is 4.14. The molecule has 0 bridgehead atoms. The van der Waals surface area contributed by atoms with Crippen LogP contribution in [0.25, 0.3) is 63.3 Å². The molecule has 0 spiro atoms. The van der Waals surface area contributed by atoms with E-state index in [0.717, 1.165) is 35.4 Å². The molecule has 7 rings (SSSR count). The van der Waals surface area contributed by atoms with Crippen LogP contribution in [0.15, 0.2) is 36.4 Å². The summed E-state index contributed by atoms with van der Waals surface area (Å²) in [5.74, 6) is 0.802. The first-order valence-corrected chi connectivity index (χ1v) is 18.4. The van der Waals surface area contributed by atoms with Gasteiger partial charge < -0.3 is 0 Å². The molecule has 0 fully saturated rings. The summed E-state index contributed by atoms with van der Waals surface area (Å²) in [6.45, 7) is 9.10. The van der Waals surface area contributed by atoms with Gasteiger partial charge in [0.2, 0.25) is 0 Å². The Labute approximate surface area is 268 Å². The molecule has 2 nitrogen and oxygen atoms in total. The number of fused-ring (bicyclic) bond motifs is 8. The van der Waals surface area contributed by atoms with Crippen molar-refractivity contribution in [1.82, 2.24) is 0 Å². The lowest BCUT2D eigenvalue weighted by molar-refractivity contribution is 0.556. The maximum atomic E-state index is 10.4. The second kappa shape index (κ2) is 11.8. The Morgan fingerprint density at radius 1 is 0.545 bits per heavy atom. The summed E-state index contributed by atoms with van der Waals surface area (Å²) in [5, 5.41) is 34.0. The summed E-state index contributed by atoms with van der Waals surface area (Å²) < 4.78 is 2.58. The van der Waals surface area contributed by atoms with Gasteiger partial charge in [0.25, 0.3) is 0 Å². The Hall–Kier alpha value is -3.44. The number of rotatable bonds is 12. The fourth-order valence-corrected chi connectivity index (χ4v) is 10.9.